The number of hydrogen-bond donors (Lipinski definition) is 1. The molecule has 1 unspecified atom stereocenters. The van der Waals surface area contributed by atoms with Gasteiger partial charge in [-0.1, -0.05) is 6.07 Å². The summed E-state index contributed by atoms with van der Waals surface area (Å²) in [5.74, 6) is 1.49. The molecule has 0 saturated carbocycles. The van der Waals surface area contributed by atoms with E-state index < -0.39 is 0 Å². The number of likely N-dealkylation sites (N-methyl/N-ethyl adjacent to an activating group) is 1. The molecule has 1 aromatic carbocycles. The van der Waals surface area contributed by atoms with Crippen molar-refractivity contribution in [3.63, 3.8) is 0 Å². The number of carbonyl (C=O) groups excluding carboxylic acids is 2. The first-order valence-electron chi connectivity index (χ1n) is 9.61. The predicted octanol–water partition coefficient (Wildman–Crippen LogP) is 1.26. The number of rotatable bonds is 6. The van der Waals surface area contributed by atoms with E-state index in [0.29, 0.717) is 45.7 Å². The predicted molar refractivity (Wildman–Crippen MR) is 102 cm³/mol. The lowest BCUT2D eigenvalue weighted by Crippen LogP contribution is -2.47. The van der Waals surface area contributed by atoms with Crippen molar-refractivity contribution in [2.75, 3.05) is 46.9 Å². The number of fused-ring (bicyclic) bond motifs is 1. The Labute approximate surface area is 160 Å². The van der Waals surface area contributed by atoms with Crippen molar-refractivity contribution in [1.82, 2.24) is 15.1 Å². The largest absolute Gasteiger partial charge is 0.490 e. The lowest BCUT2D eigenvalue weighted by atomic mass is 9.96. The quantitative estimate of drug-likeness (QED) is 0.811. The maximum absolute atomic E-state index is 12.6. The van der Waals surface area contributed by atoms with E-state index >= 15 is 0 Å². The number of piperidine rings is 1. The zero-order valence-electron chi connectivity index (χ0n) is 16.2. The second-order valence-electron chi connectivity index (χ2n) is 7.43. The van der Waals surface area contributed by atoms with Crippen LogP contribution in [0.2, 0.25) is 0 Å². The Morgan fingerprint density at radius 2 is 2.04 bits per heavy atom. The van der Waals surface area contributed by atoms with E-state index in [-0.39, 0.29) is 17.7 Å². The molecule has 1 atom stereocenters. The second-order valence-corrected chi connectivity index (χ2v) is 7.43. The number of benzene rings is 1. The smallest absolute Gasteiger partial charge is 0.225 e. The molecular formula is C20H29N3O4. The summed E-state index contributed by atoms with van der Waals surface area (Å²) in [5.41, 5.74) is 0.976. The minimum Gasteiger partial charge on any atom is -0.490 e. The standard InChI is InChI=1S/C20H29N3O4/c1-22(2)8-9-23-14-16(5-7-19(23)24)20(25)21-13-15-4-6-17-18(12-15)27-11-3-10-26-17/h4,6,12,16H,3,5,7-11,13-14H2,1-2H3,(H,21,25). The van der Waals surface area contributed by atoms with Crippen LogP contribution in [0.5, 0.6) is 11.5 Å². The molecule has 2 amide bonds. The zero-order valence-corrected chi connectivity index (χ0v) is 16.2. The van der Waals surface area contributed by atoms with E-state index in [1.807, 2.05) is 37.2 Å². The summed E-state index contributed by atoms with van der Waals surface area (Å²) in [6.07, 6.45) is 1.92. The first-order chi connectivity index (χ1) is 13.0. The third kappa shape index (κ3) is 5.35. The molecule has 7 heteroatoms. The van der Waals surface area contributed by atoms with Crippen molar-refractivity contribution < 1.29 is 19.1 Å². The first-order valence-corrected chi connectivity index (χ1v) is 9.61. The highest BCUT2D eigenvalue weighted by molar-refractivity contribution is 5.83. The van der Waals surface area contributed by atoms with Gasteiger partial charge in [-0.05, 0) is 38.2 Å². The SMILES string of the molecule is CN(C)CCN1CC(C(=O)NCc2ccc3c(c2)OCCCO3)CCC1=O. The number of carbonyl (C=O) groups is 2. The van der Waals surface area contributed by atoms with E-state index in [9.17, 15) is 9.59 Å². The zero-order chi connectivity index (χ0) is 19.2. The van der Waals surface area contributed by atoms with Gasteiger partial charge in [0.1, 0.15) is 0 Å². The van der Waals surface area contributed by atoms with Crippen LogP contribution in [-0.4, -0.2) is 68.6 Å². The summed E-state index contributed by atoms with van der Waals surface area (Å²) < 4.78 is 11.3. The molecular weight excluding hydrogens is 346 g/mol. The van der Waals surface area contributed by atoms with Crippen molar-refractivity contribution in [1.29, 1.82) is 0 Å². The molecule has 1 saturated heterocycles. The summed E-state index contributed by atoms with van der Waals surface area (Å²) in [5, 5.41) is 3.01. The maximum atomic E-state index is 12.6. The van der Waals surface area contributed by atoms with Crippen LogP contribution in [0.1, 0.15) is 24.8 Å². The minimum atomic E-state index is -0.148. The summed E-state index contributed by atoms with van der Waals surface area (Å²) in [4.78, 5) is 28.5. The number of nitrogens with one attached hydrogen (secondary N) is 1. The molecule has 0 aromatic heterocycles. The van der Waals surface area contributed by atoms with Crippen molar-refractivity contribution in [3.05, 3.63) is 23.8 Å². The molecule has 148 valence electrons. The van der Waals surface area contributed by atoms with Gasteiger partial charge in [-0.3, -0.25) is 9.59 Å². The number of hydrogen-bond acceptors (Lipinski definition) is 5. The van der Waals surface area contributed by atoms with E-state index in [2.05, 4.69) is 5.32 Å². The summed E-state index contributed by atoms with van der Waals surface area (Å²) in [6, 6.07) is 5.76. The number of amides is 2. The van der Waals surface area contributed by atoms with Crippen molar-refractivity contribution in [2.45, 2.75) is 25.8 Å². The number of nitrogens with zero attached hydrogens (tertiary/aromatic N) is 2. The first kappa shape index (κ1) is 19.5. The Kier molecular flexibility index (Phi) is 6.55. The van der Waals surface area contributed by atoms with Crippen LogP contribution < -0.4 is 14.8 Å². The molecule has 2 aliphatic rings. The van der Waals surface area contributed by atoms with Gasteiger partial charge in [-0.25, -0.2) is 0 Å². The molecule has 3 rings (SSSR count). The van der Waals surface area contributed by atoms with Gasteiger partial charge >= 0.3 is 0 Å². The van der Waals surface area contributed by atoms with Crippen LogP contribution >= 0.6 is 0 Å². The van der Waals surface area contributed by atoms with Gasteiger partial charge in [-0.2, -0.15) is 0 Å². The van der Waals surface area contributed by atoms with Gasteiger partial charge in [0.15, 0.2) is 11.5 Å². The van der Waals surface area contributed by atoms with Crippen LogP contribution in [0.15, 0.2) is 18.2 Å². The summed E-state index contributed by atoms with van der Waals surface area (Å²) >= 11 is 0. The Morgan fingerprint density at radius 3 is 2.81 bits per heavy atom. The normalized spacial score (nSPS) is 19.7. The van der Waals surface area contributed by atoms with Crippen LogP contribution in [-0.2, 0) is 16.1 Å². The molecule has 1 N–H and O–H groups in total. The average molecular weight is 375 g/mol. The van der Waals surface area contributed by atoms with Crippen LogP contribution in [0, 0.1) is 5.92 Å². The van der Waals surface area contributed by atoms with Gasteiger partial charge in [0, 0.05) is 39.0 Å². The Hall–Kier alpha value is -2.28. The average Bonchev–Trinajstić information content (AvgIpc) is 2.90. The fourth-order valence-corrected chi connectivity index (χ4v) is 3.32. The van der Waals surface area contributed by atoms with Gasteiger partial charge in [0.05, 0.1) is 19.1 Å². The second kappa shape index (κ2) is 9.08. The van der Waals surface area contributed by atoms with Gasteiger partial charge < -0.3 is 24.6 Å². The highest BCUT2D eigenvalue weighted by Gasteiger charge is 2.29. The fourth-order valence-electron chi connectivity index (χ4n) is 3.32. The van der Waals surface area contributed by atoms with Crippen molar-refractivity contribution in [3.8, 4) is 11.5 Å². The number of ether oxygens (including phenoxy) is 2. The Balaban J connectivity index is 1.53. The monoisotopic (exact) mass is 375 g/mol. The molecule has 7 nitrogen and oxygen atoms in total. The summed E-state index contributed by atoms with van der Waals surface area (Å²) in [6.45, 7) is 3.71. The molecule has 2 heterocycles. The Bertz CT molecular complexity index is 677. The lowest BCUT2D eigenvalue weighted by molar-refractivity contribution is -0.138. The molecule has 0 aliphatic carbocycles. The van der Waals surface area contributed by atoms with E-state index in [1.165, 1.54) is 0 Å². The fraction of sp³-hybridized carbons (Fsp3) is 0.600. The molecule has 1 aromatic rings. The maximum Gasteiger partial charge on any atom is 0.225 e. The van der Waals surface area contributed by atoms with E-state index in [4.69, 9.17) is 9.47 Å². The molecule has 0 bridgehead atoms. The van der Waals surface area contributed by atoms with Gasteiger partial charge in [0.2, 0.25) is 11.8 Å². The topological polar surface area (TPSA) is 71.1 Å². The highest BCUT2D eigenvalue weighted by atomic mass is 16.5. The number of likely N-dealkylation sites (tertiary alicyclic amines) is 1. The third-order valence-corrected chi connectivity index (χ3v) is 4.97. The highest BCUT2D eigenvalue weighted by Crippen LogP contribution is 2.30. The lowest BCUT2D eigenvalue weighted by Gasteiger charge is -2.32. The summed E-state index contributed by atoms with van der Waals surface area (Å²) in [7, 11) is 3.96. The molecule has 2 aliphatic heterocycles. The van der Waals surface area contributed by atoms with Gasteiger partial charge in [0.25, 0.3) is 0 Å². The van der Waals surface area contributed by atoms with Crippen molar-refractivity contribution >= 4 is 11.8 Å². The minimum absolute atomic E-state index is 0.00413. The molecule has 27 heavy (non-hydrogen) atoms. The van der Waals surface area contributed by atoms with Gasteiger partial charge in [-0.15, -0.1) is 0 Å². The van der Waals surface area contributed by atoms with E-state index in [1.54, 1.807) is 4.90 Å². The third-order valence-electron chi connectivity index (χ3n) is 4.97. The van der Waals surface area contributed by atoms with E-state index in [0.717, 1.165) is 30.0 Å². The van der Waals surface area contributed by atoms with Crippen LogP contribution in [0.4, 0.5) is 0 Å². The van der Waals surface area contributed by atoms with Crippen LogP contribution in [0.25, 0.3) is 0 Å². The molecule has 1 fully saturated rings. The molecule has 0 radical (unpaired) electrons. The molecule has 0 spiro atoms. The van der Waals surface area contributed by atoms with Crippen molar-refractivity contribution in [2.24, 2.45) is 5.92 Å². The van der Waals surface area contributed by atoms with Crippen LogP contribution in [0.3, 0.4) is 0 Å². The Morgan fingerprint density at radius 1 is 1.26 bits per heavy atom.